The number of benzene rings is 2. The lowest BCUT2D eigenvalue weighted by atomic mass is 10.00. The predicted molar refractivity (Wildman–Crippen MR) is 107 cm³/mol. The van der Waals surface area contributed by atoms with E-state index in [4.69, 9.17) is 0 Å². The first-order chi connectivity index (χ1) is 13.0. The fourth-order valence-corrected chi connectivity index (χ4v) is 3.72. The van der Waals surface area contributed by atoms with Gasteiger partial charge >= 0.3 is 0 Å². The Morgan fingerprint density at radius 1 is 1.11 bits per heavy atom. The molecule has 4 rings (SSSR count). The number of hydrogen-bond acceptors (Lipinski definition) is 3. The zero-order valence-corrected chi connectivity index (χ0v) is 15.6. The average molecular weight is 361 g/mol. The second kappa shape index (κ2) is 7.00. The van der Waals surface area contributed by atoms with Crippen LogP contribution in [0.3, 0.4) is 0 Å². The van der Waals surface area contributed by atoms with Gasteiger partial charge in [0, 0.05) is 19.0 Å². The Labute approximate surface area is 159 Å². The van der Waals surface area contributed by atoms with Gasteiger partial charge in [-0.05, 0) is 44.7 Å². The molecule has 1 atom stereocenters. The molecule has 27 heavy (non-hydrogen) atoms. The maximum Gasteiger partial charge on any atom is 0.257 e. The number of amides is 2. The highest BCUT2D eigenvalue weighted by molar-refractivity contribution is 6.17. The minimum atomic E-state index is -0.194. The molecule has 0 aliphatic carbocycles. The van der Waals surface area contributed by atoms with Crippen molar-refractivity contribution in [2.75, 3.05) is 23.8 Å². The van der Waals surface area contributed by atoms with Crippen LogP contribution in [0.5, 0.6) is 0 Å². The average Bonchev–Trinajstić information content (AvgIpc) is 2.79. The van der Waals surface area contributed by atoms with E-state index in [2.05, 4.69) is 30.3 Å². The maximum absolute atomic E-state index is 13.4. The lowest BCUT2D eigenvalue weighted by molar-refractivity contribution is -0.117. The van der Waals surface area contributed by atoms with E-state index in [0.29, 0.717) is 35.1 Å². The molecule has 0 aromatic heterocycles. The summed E-state index contributed by atoms with van der Waals surface area (Å²) in [5.41, 5.74) is 3.66. The van der Waals surface area contributed by atoms with Crippen molar-refractivity contribution in [3.8, 4) is 0 Å². The highest BCUT2D eigenvalue weighted by Crippen LogP contribution is 2.38. The van der Waals surface area contributed by atoms with Crippen molar-refractivity contribution >= 4 is 28.9 Å². The van der Waals surface area contributed by atoms with Crippen LogP contribution in [0.4, 0.5) is 17.1 Å². The van der Waals surface area contributed by atoms with Crippen LogP contribution >= 0.6 is 0 Å². The van der Waals surface area contributed by atoms with Crippen molar-refractivity contribution in [2.45, 2.75) is 25.8 Å². The van der Waals surface area contributed by atoms with Crippen molar-refractivity contribution in [1.29, 1.82) is 0 Å². The van der Waals surface area contributed by atoms with Crippen LogP contribution < -0.4 is 10.2 Å². The van der Waals surface area contributed by atoms with Gasteiger partial charge in [-0.3, -0.25) is 19.4 Å². The number of fused-ring (bicyclic) bond motifs is 2. The number of likely N-dealkylation sites (N-methyl/N-ethyl adjacent to an activating group) is 1. The van der Waals surface area contributed by atoms with Gasteiger partial charge in [0.2, 0.25) is 5.91 Å². The highest BCUT2D eigenvalue weighted by atomic mass is 16.2. The second-order valence-electron chi connectivity index (χ2n) is 7.19. The summed E-state index contributed by atoms with van der Waals surface area (Å²) >= 11 is 0. The SMILES string of the molecule is CC1C=C(CC(=O)N2c3ccccc3NC(=O)c3ccccc32)CCN1C. The molecule has 2 aliphatic rings. The van der Waals surface area contributed by atoms with Crippen LogP contribution in [-0.4, -0.2) is 36.3 Å². The Balaban J connectivity index is 1.75. The predicted octanol–water partition coefficient (Wildman–Crippen LogP) is 3.96. The summed E-state index contributed by atoms with van der Waals surface area (Å²) in [6.45, 7) is 3.09. The van der Waals surface area contributed by atoms with E-state index < -0.39 is 0 Å². The van der Waals surface area contributed by atoms with Gasteiger partial charge in [-0.25, -0.2) is 0 Å². The van der Waals surface area contributed by atoms with Crippen LogP contribution in [0.25, 0.3) is 0 Å². The molecule has 2 aromatic rings. The van der Waals surface area contributed by atoms with Crippen molar-refractivity contribution in [2.24, 2.45) is 0 Å². The topological polar surface area (TPSA) is 52.7 Å². The number of nitrogens with zero attached hydrogens (tertiary/aromatic N) is 2. The Kier molecular flexibility index (Phi) is 4.54. The molecule has 1 unspecified atom stereocenters. The van der Waals surface area contributed by atoms with E-state index in [-0.39, 0.29) is 11.8 Å². The third-order valence-corrected chi connectivity index (χ3v) is 5.37. The molecule has 0 fully saturated rings. The summed E-state index contributed by atoms with van der Waals surface area (Å²) in [4.78, 5) is 30.0. The molecular weight excluding hydrogens is 338 g/mol. The molecule has 0 saturated carbocycles. The zero-order chi connectivity index (χ0) is 19.0. The third-order valence-electron chi connectivity index (χ3n) is 5.37. The van der Waals surface area contributed by atoms with Gasteiger partial charge in [-0.2, -0.15) is 0 Å². The smallest absolute Gasteiger partial charge is 0.257 e. The second-order valence-corrected chi connectivity index (χ2v) is 7.19. The van der Waals surface area contributed by atoms with Gasteiger partial charge in [0.25, 0.3) is 5.91 Å². The number of nitrogens with one attached hydrogen (secondary N) is 1. The molecule has 2 amide bonds. The van der Waals surface area contributed by atoms with Gasteiger partial charge in [-0.15, -0.1) is 0 Å². The summed E-state index contributed by atoms with van der Waals surface area (Å²) in [6, 6.07) is 15.0. The van der Waals surface area contributed by atoms with Crippen molar-refractivity contribution in [3.63, 3.8) is 0 Å². The van der Waals surface area contributed by atoms with Gasteiger partial charge in [-0.1, -0.05) is 35.9 Å². The minimum Gasteiger partial charge on any atom is -0.320 e. The molecule has 1 N–H and O–H groups in total. The summed E-state index contributed by atoms with van der Waals surface area (Å²) in [5.74, 6) is -0.213. The quantitative estimate of drug-likeness (QED) is 0.824. The van der Waals surface area contributed by atoms with Crippen LogP contribution in [-0.2, 0) is 4.79 Å². The molecule has 0 bridgehead atoms. The van der Waals surface area contributed by atoms with Gasteiger partial charge in [0.1, 0.15) is 0 Å². The first kappa shape index (κ1) is 17.5. The number of carbonyl (C=O) groups excluding carboxylic acids is 2. The van der Waals surface area contributed by atoms with E-state index in [0.717, 1.165) is 18.5 Å². The number of anilines is 3. The Bertz CT molecular complexity index is 935. The van der Waals surface area contributed by atoms with E-state index >= 15 is 0 Å². The Hall–Kier alpha value is -2.92. The lowest BCUT2D eigenvalue weighted by Gasteiger charge is -2.30. The van der Waals surface area contributed by atoms with Crippen LogP contribution in [0.15, 0.2) is 60.2 Å². The van der Waals surface area contributed by atoms with E-state index in [1.807, 2.05) is 42.5 Å². The fraction of sp³-hybridized carbons (Fsp3) is 0.273. The number of rotatable bonds is 2. The largest absolute Gasteiger partial charge is 0.320 e. The summed E-state index contributed by atoms with van der Waals surface area (Å²) in [6.07, 6.45) is 3.43. The number of hydrogen-bond donors (Lipinski definition) is 1. The van der Waals surface area contributed by atoms with E-state index in [1.54, 1.807) is 11.0 Å². The standard InChI is InChI=1S/C22H23N3O2/c1-15-13-16(11-12-24(15)2)14-21(26)25-19-9-5-3-7-17(19)22(27)23-18-8-4-6-10-20(18)25/h3-10,13,15H,11-12,14H2,1-2H3,(H,23,27). The van der Waals surface area contributed by atoms with Crippen molar-refractivity contribution in [1.82, 2.24) is 4.90 Å². The summed E-state index contributed by atoms with van der Waals surface area (Å²) < 4.78 is 0. The van der Waals surface area contributed by atoms with E-state index in [9.17, 15) is 9.59 Å². The molecule has 138 valence electrons. The number of carbonyl (C=O) groups is 2. The van der Waals surface area contributed by atoms with Gasteiger partial charge in [0.15, 0.2) is 0 Å². The van der Waals surface area contributed by atoms with Crippen molar-refractivity contribution in [3.05, 3.63) is 65.7 Å². The molecule has 5 heteroatoms. The fourth-order valence-electron chi connectivity index (χ4n) is 3.72. The maximum atomic E-state index is 13.4. The normalized spacial score (nSPS) is 19.5. The van der Waals surface area contributed by atoms with Crippen LogP contribution in [0.2, 0.25) is 0 Å². The molecule has 0 saturated heterocycles. The third kappa shape index (κ3) is 3.26. The summed E-state index contributed by atoms with van der Waals surface area (Å²) in [7, 11) is 2.10. The van der Waals surface area contributed by atoms with Gasteiger partial charge in [0.05, 0.1) is 22.6 Å². The number of para-hydroxylation sites is 3. The van der Waals surface area contributed by atoms with E-state index in [1.165, 1.54) is 0 Å². The van der Waals surface area contributed by atoms with Gasteiger partial charge < -0.3 is 5.32 Å². The molecule has 2 aliphatic heterocycles. The first-order valence-electron chi connectivity index (χ1n) is 9.27. The minimum absolute atomic E-state index is 0.0191. The van der Waals surface area contributed by atoms with Crippen LogP contribution in [0, 0.1) is 0 Å². The Morgan fingerprint density at radius 3 is 2.59 bits per heavy atom. The highest BCUT2D eigenvalue weighted by Gasteiger charge is 2.29. The summed E-state index contributed by atoms with van der Waals surface area (Å²) in [5, 5.41) is 2.93. The molecule has 0 radical (unpaired) electrons. The monoisotopic (exact) mass is 361 g/mol. The zero-order valence-electron chi connectivity index (χ0n) is 15.6. The van der Waals surface area contributed by atoms with Crippen molar-refractivity contribution < 1.29 is 9.59 Å². The molecule has 0 spiro atoms. The molecule has 2 heterocycles. The Morgan fingerprint density at radius 2 is 1.81 bits per heavy atom. The van der Waals surface area contributed by atoms with Crippen LogP contribution in [0.1, 0.15) is 30.1 Å². The lowest BCUT2D eigenvalue weighted by Crippen LogP contribution is -2.34. The molecular formula is C22H23N3O2. The molecule has 2 aromatic carbocycles. The molecule has 5 nitrogen and oxygen atoms in total. The first-order valence-corrected chi connectivity index (χ1v) is 9.27.